The van der Waals surface area contributed by atoms with Crippen LogP contribution in [0.1, 0.15) is 22.3 Å². The molecule has 2 aromatic carbocycles. The molecule has 1 atom stereocenters. The van der Waals surface area contributed by atoms with E-state index >= 15 is 0 Å². The zero-order valence-electron chi connectivity index (χ0n) is 13.3. The molecule has 1 unspecified atom stereocenters. The van der Waals surface area contributed by atoms with Crippen molar-refractivity contribution >= 4 is 12.0 Å². The van der Waals surface area contributed by atoms with Gasteiger partial charge >= 0.3 is 6.18 Å². The highest BCUT2D eigenvalue weighted by Gasteiger charge is 2.46. The molecule has 0 aliphatic carbocycles. The van der Waals surface area contributed by atoms with Crippen molar-refractivity contribution in [1.29, 1.82) is 0 Å². The van der Waals surface area contributed by atoms with Crippen molar-refractivity contribution in [2.45, 2.75) is 25.6 Å². The van der Waals surface area contributed by atoms with E-state index in [0.29, 0.717) is 17.5 Å². The van der Waals surface area contributed by atoms with Crippen LogP contribution >= 0.6 is 0 Å². The van der Waals surface area contributed by atoms with Crippen molar-refractivity contribution in [3.8, 4) is 5.75 Å². The normalized spacial score (nSPS) is 16.6. The molecule has 0 radical (unpaired) electrons. The Hall–Kier alpha value is -2.76. The fourth-order valence-corrected chi connectivity index (χ4v) is 2.86. The second-order valence-corrected chi connectivity index (χ2v) is 5.86. The SMILES string of the molecule is Cc1c(Cc2ccccc2)ccc2c1OC(C(F)(F)F)C(C(=O)[O-])=C2. The highest BCUT2D eigenvalue weighted by Crippen LogP contribution is 2.40. The quantitative estimate of drug-likeness (QED) is 0.858. The number of benzene rings is 2. The number of carbonyl (C=O) groups excluding carboxylic acids is 1. The third-order valence-electron chi connectivity index (χ3n) is 4.15. The predicted octanol–water partition coefficient (Wildman–Crippen LogP) is 3.04. The molecule has 0 N–H and O–H groups in total. The Morgan fingerprint density at radius 3 is 2.44 bits per heavy atom. The van der Waals surface area contributed by atoms with Crippen molar-refractivity contribution < 1.29 is 27.8 Å². The lowest BCUT2D eigenvalue weighted by Gasteiger charge is -2.30. The fraction of sp³-hybridized carbons (Fsp3) is 0.211. The zero-order valence-corrected chi connectivity index (χ0v) is 13.3. The van der Waals surface area contributed by atoms with E-state index in [0.717, 1.165) is 17.2 Å². The molecule has 0 fully saturated rings. The number of ether oxygens (including phenoxy) is 1. The minimum atomic E-state index is -4.84. The number of hydrogen-bond acceptors (Lipinski definition) is 3. The Bertz CT molecular complexity index is 839. The van der Waals surface area contributed by atoms with Gasteiger partial charge in [-0.05, 0) is 36.1 Å². The number of rotatable bonds is 3. The van der Waals surface area contributed by atoms with Gasteiger partial charge in [-0.15, -0.1) is 0 Å². The molecule has 0 bridgehead atoms. The van der Waals surface area contributed by atoms with E-state index < -0.39 is 23.8 Å². The first-order valence-corrected chi connectivity index (χ1v) is 7.60. The van der Waals surface area contributed by atoms with Gasteiger partial charge in [-0.1, -0.05) is 42.5 Å². The standard InChI is InChI=1S/C19H15F3O3/c1-11-13(9-12-5-3-2-4-6-12)7-8-14-10-15(18(23)24)17(19(20,21)22)25-16(11)14/h2-8,10,17H,9H2,1H3,(H,23,24)/p-1. The summed E-state index contributed by atoms with van der Waals surface area (Å²) in [4.78, 5) is 11.1. The molecule has 2 aromatic rings. The summed E-state index contributed by atoms with van der Waals surface area (Å²) in [7, 11) is 0. The Morgan fingerprint density at radius 2 is 1.84 bits per heavy atom. The van der Waals surface area contributed by atoms with Gasteiger partial charge in [0.2, 0.25) is 6.10 Å². The fourth-order valence-electron chi connectivity index (χ4n) is 2.86. The molecular formula is C19H14F3O3-. The van der Waals surface area contributed by atoms with Crippen LogP contribution in [0, 0.1) is 6.92 Å². The smallest absolute Gasteiger partial charge is 0.429 e. The van der Waals surface area contributed by atoms with E-state index in [-0.39, 0.29) is 5.75 Å². The summed E-state index contributed by atoms with van der Waals surface area (Å²) in [5.74, 6) is -1.83. The summed E-state index contributed by atoms with van der Waals surface area (Å²) in [5.41, 5.74) is 1.77. The Morgan fingerprint density at radius 1 is 1.16 bits per heavy atom. The summed E-state index contributed by atoms with van der Waals surface area (Å²) in [6, 6.07) is 12.8. The van der Waals surface area contributed by atoms with E-state index in [9.17, 15) is 23.1 Å². The Balaban J connectivity index is 2.03. The van der Waals surface area contributed by atoms with E-state index in [4.69, 9.17) is 4.74 Å². The molecule has 130 valence electrons. The van der Waals surface area contributed by atoms with Crippen LogP contribution in [0.2, 0.25) is 0 Å². The highest BCUT2D eigenvalue weighted by molar-refractivity contribution is 5.93. The summed E-state index contributed by atoms with van der Waals surface area (Å²) < 4.78 is 44.6. The maximum atomic E-state index is 13.2. The summed E-state index contributed by atoms with van der Waals surface area (Å²) >= 11 is 0. The lowest BCUT2D eigenvalue weighted by Crippen LogP contribution is -2.44. The molecule has 3 nitrogen and oxygen atoms in total. The molecule has 1 aliphatic rings. The number of carboxylic acid groups (broad SMARTS) is 1. The lowest BCUT2D eigenvalue weighted by molar-refractivity contribution is -0.302. The molecule has 1 aliphatic heterocycles. The molecule has 0 spiro atoms. The first-order valence-electron chi connectivity index (χ1n) is 7.60. The van der Waals surface area contributed by atoms with E-state index in [1.54, 1.807) is 19.1 Å². The van der Waals surface area contributed by atoms with Crippen molar-refractivity contribution in [2.24, 2.45) is 0 Å². The van der Waals surface area contributed by atoms with Gasteiger partial charge < -0.3 is 14.6 Å². The average molecular weight is 347 g/mol. The first-order chi connectivity index (χ1) is 11.8. The van der Waals surface area contributed by atoms with Crippen LogP contribution in [0.5, 0.6) is 5.75 Å². The summed E-state index contributed by atoms with van der Waals surface area (Å²) in [6.07, 6.45) is -5.86. The number of carbonyl (C=O) groups is 1. The molecule has 0 saturated carbocycles. The topological polar surface area (TPSA) is 49.4 Å². The third-order valence-corrected chi connectivity index (χ3v) is 4.15. The maximum Gasteiger partial charge on any atom is 0.429 e. The van der Waals surface area contributed by atoms with Crippen LogP contribution in [0.4, 0.5) is 13.2 Å². The monoisotopic (exact) mass is 347 g/mol. The Labute approximate surface area is 142 Å². The first kappa shape index (κ1) is 17.1. The Kier molecular flexibility index (Phi) is 4.29. The van der Waals surface area contributed by atoms with Gasteiger partial charge in [-0.25, -0.2) is 0 Å². The number of alkyl halides is 3. The van der Waals surface area contributed by atoms with Crippen LogP contribution in [0.25, 0.3) is 6.08 Å². The molecule has 3 rings (SSSR count). The molecule has 0 aromatic heterocycles. The zero-order chi connectivity index (χ0) is 18.2. The van der Waals surface area contributed by atoms with Gasteiger partial charge in [-0.2, -0.15) is 13.2 Å². The van der Waals surface area contributed by atoms with E-state index in [2.05, 4.69) is 0 Å². The third kappa shape index (κ3) is 3.38. The van der Waals surface area contributed by atoms with Crippen LogP contribution < -0.4 is 9.84 Å². The average Bonchev–Trinajstić information content (AvgIpc) is 2.56. The van der Waals surface area contributed by atoms with Crippen LogP contribution in [-0.2, 0) is 11.2 Å². The van der Waals surface area contributed by atoms with Crippen LogP contribution in [0.3, 0.4) is 0 Å². The van der Waals surface area contributed by atoms with Crippen molar-refractivity contribution in [2.75, 3.05) is 0 Å². The molecule has 25 heavy (non-hydrogen) atoms. The molecule has 6 heteroatoms. The van der Waals surface area contributed by atoms with Crippen LogP contribution in [-0.4, -0.2) is 18.2 Å². The second-order valence-electron chi connectivity index (χ2n) is 5.86. The van der Waals surface area contributed by atoms with Gasteiger partial charge in [0.05, 0.1) is 5.97 Å². The second kappa shape index (κ2) is 6.27. The van der Waals surface area contributed by atoms with Gasteiger partial charge in [-0.3, -0.25) is 0 Å². The highest BCUT2D eigenvalue weighted by atomic mass is 19.4. The van der Waals surface area contributed by atoms with Crippen molar-refractivity contribution in [1.82, 2.24) is 0 Å². The molecule has 0 saturated heterocycles. The number of aliphatic carboxylic acids is 1. The van der Waals surface area contributed by atoms with Crippen LogP contribution in [0.15, 0.2) is 48.0 Å². The number of carboxylic acids is 1. The molecule has 0 amide bonds. The molecular weight excluding hydrogens is 333 g/mol. The number of fused-ring (bicyclic) bond motifs is 1. The number of halogens is 3. The van der Waals surface area contributed by atoms with Gasteiger partial charge in [0.15, 0.2) is 0 Å². The summed E-state index contributed by atoms with van der Waals surface area (Å²) in [5, 5.41) is 11.1. The van der Waals surface area contributed by atoms with E-state index in [1.165, 1.54) is 0 Å². The van der Waals surface area contributed by atoms with Gasteiger partial charge in [0.1, 0.15) is 5.75 Å². The van der Waals surface area contributed by atoms with Gasteiger partial charge in [0.25, 0.3) is 0 Å². The van der Waals surface area contributed by atoms with Gasteiger partial charge in [0, 0.05) is 11.1 Å². The predicted molar refractivity (Wildman–Crippen MR) is 83.9 cm³/mol. The van der Waals surface area contributed by atoms with Crippen molar-refractivity contribution in [3.05, 3.63) is 70.3 Å². The minimum absolute atomic E-state index is 0.0563. The lowest BCUT2D eigenvalue weighted by atomic mass is 9.94. The summed E-state index contributed by atoms with van der Waals surface area (Å²) in [6.45, 7) is 1.67. The largest absolute Gasteiger partial charge is 0.545 e. The maximum absolute atomic E-state index is 13.2. The number of hydrogen-bond donors (Lipinski definition) is 0. The van der Waals surface area contributed by atoms with E-state index in [1.807, 2.05) is 30.3 Å². The minimum Gasteiger partial charge on any atom is -0.545 e. The van der Waals surface area contributed by atoms with Crippen molar-refractivity contribution in [3.63, 3.8) is 0 Å². The molecule has 1 heterocycles.